The van der Waals surface area contributed by atoms with Gasteiger partial charge >= 0.3 is 0 Å². The Morgan fingerprint density at radius 1 is 1.41 bits per heavy atom. The van der Waals surface area contributed by atoms with Crippen molar-refractivity contribution in [3.05, 3.63) is 35.0 Å². The van der Waals surface area contributed by atoms with E-state index in [0.29, 0.717) is 5.56 Å². The molecule has 0 atom stereocenters. The van der Waals surface area contributed by atoms with Crippen molar-refractivity contribution in [3.63, 3.8) is 0 Å². The number of hydrogen-bond acceptors (Lipinski definition) is 2. The number of aromatic nitrogens is 1. The molecule has 2 aromatic rings. The number of Topliss-reactive ketones (excluding diaryl/α,β-unsaturated/α-hetero) is 1. The second-order valence-electron chi connectivity index (χ2n) is 4.32. The van der Waals surface area contributed by atoms with Gasteiger partial charge in [-0.15, -0.1) is 0 Å². The van der Waals surface area contributed by atoms with Crippen molar-refractivity contribution in [3.8, 4) is 6.07 Å². The molecule has 0 aliphatic rings. The molecule has 3 nitrogen and oxygen atoms in total. The number of hydrogen-bond donors (Lipinski definition) is 0. The Morgan fingerprint density at radius 2 is 2.12 bits per heavy atom. The van der Waals surface area contributed by atoms with Crippen molar-refractivity contribution in [1.29, 1.82) is 5.26 Å². The van der Waals surface area contributed by atoms with Crippen LogP contribution < -0.4 is 0 Å². The van der Waals surface area contributed by atoms with E-state index in [2.05, 4.69) is 13.8 Å². The van der Waals surface area contributed by atoms with Gasteiger partial charge in [0.2, 0.25) is 0 Å². The van der Waals surface area contributed by atoms with Crippen LogP contribution in [0.3, 0.4) is 0 Å². The highest BCUT2D eigenvalue weighted by Crippen LogP contribution is 2.26. The van der Waals surface area contributed by atoms with Gasteiger partial charge in [0.05, 0.1) is 18.0 Å². The molecule has 0 saturated heterocycles. The fourth-order valence-electron chi connectivity index (χ4n) is 2.19. The summed E-state index contributed by atoms with van der Waals surface area (Å²) >= 11 is 0. The number of nitrogens with zero attached hydrogens (tertiary/aromatic N) is 2. The van der Waals surface area contributed by atoms with Gasteiger partial charge in [0, 0.05) is 24.2 Å². The highest BCUT2D eigenvalue weighted by Gasteiger charge is 2.15. The summed E-state index contributed by atoms with van der Waals surface area (Å²) < 4.78 is 1.96. The van der Waals surface area contributed by atoms with Gasteiger partial charge in [-0.1, -0.05) is 12.1 Å². The summed E-state index contributed by atoms with van der Waals surface area (Å²) in [5, 5.41) is 9.54. The molecule has 0 radical (unpaired) electrons. The first-order chi connectivity index (χ1) is 8.06. The molecule has 1 aromatic carbocycles. The molecule has 86 valence electrons. The van der Waals surface area contributed by atoms with Crippen molar-refractivity contribution >= 4 is 16.7 Å². The molecule has 0 amide bonds. The van der Waals surface area contributed by atoms with E-state index in [9.17, 15) is 4.79 Å². The minimum absolute atomic E-state index is 0.0635. The van der Waals surface area contributed by atoms with E-state index >= 15 is 0 Å². The van der Waals surface area contributed by atoms with E-state index < -0.39 is 0 Å². The van der Waals surface area contributed by atoms with Crippen LogP contribution in [-0.2, 0) is 7.05 Å². The summed E-state index contributed by atoms with van der Waals surface area (Å²) in [6.07, 6.45) is 1.75. The highest BCUT2D eigenvalue weighted by molar-refractivity contribution is 6.09. The van der Waals surface area contributed by atoms with Gasteiger partial charge in [-0.3, -0.25) is 4.79 Å². The molecule has 17 heavy (non-hydrogen) atoms. The van der Waals surface area contributed by atoms with Gasteiger partial charge in [0.15, 0.2) is 5.78 Å². The summed E-state index contributed by atoms with van der Waals surface area (Å²) in [6.45, 7) is 4.11. The van der Waals surface area contributed by atoms with Crippen LogP contribution in [0.5, 0.6) is 0 Å². The fraction of sp³-hybridized carbons (Fsp3) is 0.286. The average molecular weight is 226 g/mol. The lowest BCUT2D eigenvalue weighted by atomic mass is 10.0. The first-order valence-corrected chi connectivity index (χ1v) is 5.51. The van der Waals surface area contributed by atoms with E-state index in [1.807, 2.05) is 36.0 Å². The van der Waals surface area contributed by atoms with Crippen molar-refractivity contribution in [2.45, 2.75) is 20.3 Å². The first kappa shape index (κ1) is 11.4. The van der Waals surface area contributed by atoms with E-state index in [-0.39, 0.29) is 12.2 Å². The van der Waals surface area contributed by atoms with Crippen LogP contribution >= 0.6 is 0 Å². The number of aryl methyl sites for hydroxylation is 3. The number of nitriles is 1. The molecular formula is C14H14N2O. The van der Waals surface area contributed by atoms with Crippen LogP contribution in [0.1, 0.15) is 27.9 Å². The number of rotatable bonds is 2. The maximum atomic E-state index is 11.8. The second kappa shape index (κ2) is 4.06. The topological polar surface area (TPSA) is 45.8 Å². The van der Waals surface area contributed by atoms with Crippen molar-refractivity contribution in [2.75, 3.05) is 0 Å². The van der Waals surface area contributed by atoms with Gasteiger partial charge in [-0.2, -0.15) is 5.26 Å². The predicted octanol–water partition coefficient (Wildman–Crippen LogP) is 2.89. The van der Waals surface area contributed by atoms with Gasteiger partial charge in [0.25, 0.3) is 0 Å². The third-order valence-electron chi connectivity index (χ3n) is 3.21. The minimum Gasteiger partial charge on any atom is -0.350 e. The Balaban J connectivity index is 2.74. The predicted molar refractivity (Wildman–Crippen MR) is 67.0 cm³/mol. The van der Waals surface area contributed by atoms with Crippen molar-refractivity contribution in [2.24, 2.45) is 7.05 Å². The lowest BCUT2D eigenvalue weighted by Gasteiger charge is -2.04. The third-order valence-corrected chi connectivity index (χ3v) is 3.21. The molecule has 0 fully saturated rings. The molecule has 3 heteroatoms. The highest BCUT2D eigenvalue weighted by atomic mass is 16.1. The molecule has 0 spiro atoms. The zero-order valence-corrected chi connectivity index (χ0v) is 10.2. The van der Waals surface area contributed by atoms with Crippen LogP contribution in [-0.4, -0.2) is 10.4 Å². The molecule has 0 aliphatic heterocycles. The van der Waals surface area contributed by atoms with E-state index in [1.54, 1.807) is 0 Å². The number of carbonyl (C=O) groups excluding carboxylic acids is 1. The zero-order valence-electron chi connectivity index (χ0n) is 10.2. The standard InChI is InChI=1S/C14H14N2O/c1-9-4-5-11-12(13(17)6-7-15)8-16(3)14(11)10(9)2/h4-5,8H,6H2,1-3H3. The first-order valence-electron chi connectivity index (χ1n) is 5.51. The number of carbonyl (C=O) groups is 1. The zero-order chi connectivity index (χ0) is 12.6. The van der Waals surface area contributed by atoms with Crippen LogP contribution in [0.4, 0.5) is 0 Å². The number of ketones is 1. The third kappa shape index (κ3) is 1.72. The maximum Gasteiger partial charge on any atom is 0.179 e. The van der Waals surface area contributed by atoms with Gasteiger partial charge < -0.3 is 4.57 Å². The molecule has 0 saturated carbocycles. The van der Waals surface area contributed by atoms with Gasteiger partial charge in [-0.25, -0.2) is 0 Å². The summed E-state index contributed by atoms with van der Waals surface area (Å²) in [4.78, 5) is 11.8. The molecule has 0 bridgehead atoms. The van der Waals surface area contributed by atoms with E-state index in [1.165, 1.54) is 11.1 Å². The smallest absolute Gasteiger partial charge is 0.179 e. The summed E-state index contributed by atoms with van der Waals surface area (Å²) in [5.41, 5.74) is 4.11. The number of fused-ring (bicyclic) bond motifs is 1. The Kier molecular flexibility index (Phi) is 2.72. The molecular weight excluding hydrogens is 212 g/mol. The van der Waals surface area contributed by atoms with E-state index in [0.717, 1.165) is 10.9 Å². The maximum absolute atomic E-state index is 11.8. The molecule has 0 aliphatic carbocycles. The largest absolute Gasteiger partial charge is 0.350 e. The van der Waals surface area contributed by atoms with Gasteiger partial charge in [-0.05, 0) is 25.0 Å². The van der Waals surface area contributed by atoms with Crippen LogP contribution in [0.2, 0.25) is 0 Å². The molecule has 0 unspecified atom stereocenters. The fourth-order valence-corrected chi connectivity index (χ4v) is 2.19. The van der Waals surface area contributed by atoms with E-state index in [4.69, 9.17) is 5.26 Å². The van der Waals surface area contributed by atoms with Crippen LogP contribution in [0.15, 0.2) is 18.3 Å². The normalized spacial score (nSPS) is 10.5. The summed E-state index contributed by atoms with van der Waals surface area (Å²) in [5.74, 6) is -0.110. The Morgan fingerprint density at radius 3 is 2.76 bits per heavy atom. The Labute approximate surface area is 100 Å². The quantitative estimate of drug-likeness (QED) is 0.739. The Hall–Kier alpha value is -2.08. The molecule has 0 N–H and O–H groups in total. The number of benzene rings is 1. The van der Waals surface area contributed by atoms with Crippen molar-refractivity contribution in [1.82, 2.24) is 4.57 Å². The monoisotopic (exact) mass is 226 g/mol. The SMILES string of the molecule is Cc1ccc2c(C(=O)CC#N)cn(C)c2c1C. The lowest BCUT2D eigenvalue weighted by Crippen LogP contribution is -1.95. The molecule has 1 aromatic heterocycles. The van der Waals surface area contributed by atoms with Crippen LogP contribution in [0, 0.1) is 25.2 Å². The average Bonchev–Trinajstić information content (AvgIpc) is 2.62. The van der Waals surface area contributed by atoms with Gasteiger partial charge in [0.1, 0.15) is 0 Å². The molecule has 2 rings (SSSR count). The second-order valence-corrected chi connectivity index (χ2v) is 4.32. The Bertz CT molecular complexity index is 644. The summed E-state index contributed by atoms with van der Waals surface area (Å²) in [6, 6.07) is 5.88. The lowest BCUT2D eigenvalue weighted by molar-refractivity contribution is 0.0999. The van der Waals surface area contributed by atoms with Crippen LogP contribution in [0.25, 0.3) is 10.9 Å². The minimum atomic E-state index is -0.110. The summed E-state index contributed by atoms with van der Waals surface area (Å²) in [7, 11) is 1.93. The van der Waals surface area contributed by atoms with Crippen molar-refractivity contribution < 1.29 is 4.79 Å². The molecule has 1 heterocycles.